The first-order valence-corrected chi connectivity index (χ1v) is 9.19. The summed E-state index contributed by atoms with van der Waals surface area (Å²) in [6.07, 6.45) is 0.939. The van der Waals surface area contributed by atoms with E-state index < -0.39 is 42.5 Å². The first kappa shape index (κ1) is 22.8. The number of aliphatic hydroxyl groups is 1. The Morgan fingerprint density at radius 1 is 1.11 bits per heavy atom. The molecule has 1 aliphatic rings. The summed E-state index contributed by atoms with van der Waals surface area (Å²) in [6.45, 7) is 5.10. The molecule has 0 aromatic heterocycles. The third-order valence-corrected chi connectivity index (χ3v) is 4.65. The highest BCUT2D eigenvalue weighted by molar-refractivity contribution is 5.94. The van der Waals surface area contributed by atoms with Crippen molar-refractivity contribution in [2.45, 2.75) is 64.3 Å². The Labute approximate surface area is 158 Å². The molecule has 0 spiro atoms. The maximum absolute atomic E-state index is 12.7. The normalized spacial score (nSPS) is 20.8. The van der Waals surface area contributed by atoms with Gasteiger partial charge in [0.15, 0.2) is 0 Å². The number of carbonyl (C=O) groups is 4. The van der Waals surface area contributed by atoms with Crippen LogP contribution in [0.1, 0.15) is 40.0 Å². The molecule has 0 aromatic rings. The number of aliphatic hydroxyl groups excluding tert-OH is 1. The molecule has 0 radical (unpaired) electrons. The van der Waals surface area contributed by atoms with Crippen molar-refractivity contribution in [3.05, 3.63) is 0 Å². The Kier molecular flexibility index (Phi) is 9.16. The Morgan fingerprint density at radius 3 is 2.26 bits per heavy atom. The van der Waals surface area contributed by atoms with Gasteiger partial charge in [0.25, 0.3) is 0 Å². The van der Waals surface area contributed by atoms with Crippen molar-refractivity contribution < 1.29 is 29.4 Å². The highest BCUT2D eigenvalue weighted by atomic mass is 16.4. The molecular formula is C17H30N4O6. The summed E-state index contributed by atoms with van der Waals surface area (Å²) in [6, 6.07) is -2.56. The lowest BCUT2D eigenvalue weighted by Crippen LogP contribution is -2.60. The lowest BCUT2D eigenvalue weighted by molar-refractivity contribution is -0.139. The number of hydrogen-bond donors (Lipinski definition) is 6. The first-order chi connectivity index (χ1) is 12.7. The molecule has 5 unspecified atom stereocenters. The number of nitrogens with one attached hydrogen (secondary N) is 4. The predicted octanol–water partition coefficient (Wildman–Crippen LogP) is -1.66. The van der Waals surface area contributed by atoms with Gasteiger partial charge in [-0.1, -0.05) is 20.3 Å². The van der Waals surface area contributed by atoms with Crippen LogP contribution in [0.3, 0.4) is 0 Å². The fraction of sp³-hybridized carbons (Fsp3) is 0.765. The smallest absolute Gasteiger partial charge is 0.322 e. The summed E-state index contributed by atoms with van der Waals surface area (Å²) in [5.41, 5.74) is 0. The standard InChI is InChI=1S/C17H30N4O6/c1-4-9(2)13(20-15(25)11-6-5-7-18-11)17(27)21-14(10(3)22)16(26)19-8-12(23)24/h9-11,13-14,18,22H,4-8H2,1-3H3,(H,19,26)(H,20,25)(H,21,27)(H,23,24). The highest BCUT2D eigenvalue weighted by Crippen LogP contribution is 2.11. The largest absolute Gasteiger partial charge is 0.480 e. The molecule has 10 nitrogen and oxygen atoms in total. The Bertz CT molecular complexity index is 548. The van der Waals surface area contributed by atoms with Gasteiger partial charge in [-0.05, 0) is 32.2 Å². The first-order valence-electron chi connectivity index (χ1n) is 9.19. The average Bonchev–Trinajstić information content (AvgIpc) is 3.15. The summed E-state index contributed by atoms with van der Waals surface area (Å²) in [5, 5.41) is 28.8. The van der Waals surface area contributed by atoms with Gasteiger partial charge < -0.3 is 31.5 Å². The van der Waals surface area contributed by atoms with Crippen molar-refractivity contribution >= 4 is 23.7 Å². The van der Waals surface area contributed by atoms with E-state index in [1.807, 2.05) is 6.92 Å². The molecule has 1 rings (SSSR count). The molecule has 0 aliphatic carbocycles. The van der Waals surface area contributed by atoms with Gasteiger partial charge in [-0.25, -0.2) is 0 Å². The molecule has 1 saturated heterocycles. The molecular weight excluding hydrogens is 356 g/mol. The van der Waals surface area contributed by atoms with Crippen LogP contribution in [0.2, 0.25) is 0 Å². The zero-order valence-corrected chi connectivity index (χ0v) is 15.9. The molecule has 154 valence electrons. The van der Waals surface area contributed by atoms with E-state index in [9.17, 15) is 24.3 Å². The lowest BCUT2D eigenvalue weighted by atomic mass is 9.97. The second kappa shape index (κ2) is 10.8. The number of amides is 3. The topological polar surface area (TPSA) is 157 Å². The van der Waals surface area contributed by atoms with Crippen LogP contribution >= 0.6 is 0 Å². The summed E-state index contributed by atoms with van der Waals surface area (Å²) in [7, 11) is 0. The molecule has 1 fully saturated rings. The Hall–Kier alpha value is -2.20. The van der Waals surface area contributed by atoms with Crippen molar-refractivity contribution in [2.24, 2.45) is 5.92 Å². The van der Waals surface area contributed by atoms with E-state index in [1.54, 1.807) is 6.92 Å². The molecule has 3 amide bonds. The van der Waals surface area contributed by atoms with Crippen LogP contribution in [0.4, 0.5) is 0 Å². The van der Waals surface area contributed by atoms with Crippen LogP contribution in [0.15, 0.2) is 0 Å². The Morgan fingerprint density at radius 2 is 1.78 bits per heavy atom. The number of hydrogen-bond acceptors (Lipinski definition) is 6. The zero-order valence-electron chi connectivity index (χ0n) is 15.9. The molecule has 0 bridgehead atoms. The third kappa shape index (κ3) is 7.14. The van der Waals surface area contributed by atoms with Gasteiger partial charge in [0, 0.05) is 0 Å². The highest BCUT2D eigenvalue weighted by Gasteiger charge is 2.33. The number of aliphatic carboxylic acids is 1. The fourth-order valence-corrected chi connectivity index (χ4v) is 2.79. The van der Waals surface area contributed by atoms with Crippen LogP contribution in [0.25, 0.3) is 0 Å². The van der Waals surface area contributed by atoms with E-state index in [0.29, 0.717) is 12.8 Å². The van der Waals surface area contributed by atoms with E-state index in [1.165, 1.54) is 6.92 Å². The average molecular weight is 386 g/mol. The van der Waals surface area contributed by atoms with Crippen LogP contribution < -0.4 is 21.3 Å². The minimum atomic E-state index is -1.33. The second-order valence-electron chi connectivity index (χ2n) is 6.86. The van der Waals surface area contributed by atoms with Gasteiger partial charge in [0.2, 0.25) is 17.7 Å². The van der Waals surface area contributed by atoms with Crippen molar-refractivity contribution in [3.63, 3.8) is 0 Å². The molecule has 0 saturated carbocycles. The summed E-state index contributed by atoms with van der Waals surface area (Å²) in [5.74, 6) is -3.14. The van der Waals surface area contributed by atoms with Gasteiger partial charge in [0.05, 0.1) is 12.1 Å². The molecule has 5 atom stereocenters. The minimum Gasteiger partial charge on any atom is -0.480 e. The summed E-state index contributed by atoms with van der Waals surface area (Å²) in [4.78, 5) is 47.7. The maximum atomic E-state index is 12.7. The second-order valence-corrected chi connectivity index (χ2v) is 6.86. The summed E-state index contributed by atoms with van der Waals surface area (Å²) < 4.78 is 0. The van der Waals surface area contributed by atoms with Gasteiger partial charge in [-0.15, -0.1) is 0 Å². The quantitative estimate of drug-likeness (QED) is 0.262. The van der Waals surface area contributed by atoms with E-state index in [-0.39, 0.29) is 17.9 Å². The molecule has 10 heteroatoms. The van der Waals surface area contributed by atoms with Gasteiger partial charge in [-0.2, -0.15) is 0 Å². The fourth-order valence-electron chi connectivity index (χ4n) is 2.79. The van der Waals surface area contributed by atoms with Gasteiger partial charge >= 0.3 is 5.97 Å². The van der Waals surface area contributed by atoms with Crippen LogP contribution in [0.5, 0.6) is 0 Å². The van der Waals surface area contributed by atoms with Crippen molar-refractivity contribution in [2.75, 3.05) is 13.1 Å². The zero-order chi connectivity index (χ0) is 20.6. The van der Waals surface area contributed by atoms with Crippen LogP contribution in [0, 0.1) is 5.92 Å². The lowest BCUT2D eigenvalue weighted by Gasteiger charge is -2.28. The van der Waals surface area contributed by atoms with Crippen molar-refractivity contribution in [1.82, 2.24) is 21.3 Å². The predicted molar refractivity (Wildman–Crippen MR) is 96.7 cm³/mol. The number of carboxylic acids is 1. The van der Waals surface area contributed by atoms with Gasteiger partial charge in [-0.3, -0.25) is 19.2 Å². The third-order valence-electron chi connectivity index (χ3n) is 4.65. The van der Waals surface area contributed by atoms with E-state index in [4.69, 9.17) is 5.11 Å². The SMILES string of the molecule is CCC(C)C(NC(=O)C1CCCN1)C(=O)NC(C(=O)NCC(=O)O)C(C)O. The number of rotatable bonds is 10. The van der Waals surface area contributed by atoms with Crippen molar-refractivity contribution in [1.29, 1.82) is 0 Å². The monoisotopic (exact) mass is 386 g/mol. The molecule has 1 heterocycles. The molecule has 6 N–H and O–H groups in total. The molecule has 27 heavy (non-hydrogen) atoms. The minimum absolute atomic E-state index is 0.202. The molecule has 1 aliphatic heterocycles. The van der Waals surface area contributed by atoms with E-state index in [0.717, 1.165) is 13.0 Å². The number of carboxylic acid groups (broad SMARTS) is 1. The van der Waals surface area contributed by atoms with Crippen molar-refractivity contribution in [3.8, 4) is 0 Å². The number of carbonyl (C=O) groups excluding carboxylic acids is 3. The molecule has 0 aromatic carbocycles. The summed E-state index contributed by atoms with van der Waals surface area (Å²) >= 11 is 0. The van der Waals surface area contributed by atoms with Crippen LogP contribution in [-0.2, 0) is 19.2 Å². The van der Waals surface area contributed by atoms with Crippen LogP contribution in [-0.4, -0.2) is 71.2 Å². The van der Waals surface area contributed by atoms with Gasteiger partial charge in [0.1, 0.15) is 18.6 Å². The Balaban J connectivity index is 2.80. The maximum Gasteiger partial charge on any atom is 0.322 e. The van der Waals surface area contributed by atoms with E-state index in [2.05, 4.69) is 21.3 Å². The van der Waals surface area contributed by atoms with E-state index >= 15 is 0 Å².